The molecule has 1 heterocycles. The molecule has 0 spiro atoms. The van der Waals surface area contributed by atoms with Crippen LogP contribution in [-0.2, 0) is 17.1 Å². The summed E-state index contributed by atoms with van der Waals surface area (Å²) in [5.41, 5.74) is 0. The van der Waals surface area contributed by atoms with E-state index in [1.54, 1.807) is 6.07 Å². The fourth-order valence-electron chi connectivity index (χ4n) is 1.47. The maximum absolute atomic E-state index is 10.5. The molecule has 96 valence electrons. The summed E-state index contributed by atoms with van der Waals surface area (Å²) in [6.07, 6.45) is 17.5. The Hall–Kier alpha value is -0.731. The number of aromatic carboxylic acids is 1. The van der Waals surface area contributed by atoms with Crippen LogP contribution in [-0.4, -0.2) is 11.1 Å². The van der Waals surface area contributed by atoms with Gasteiger partial charge in [0, 0.05) is 5.92 Å². The first-order valence-corrected chi connectivity index (χ1v) is 5.49. The van der Waals surface area contributed by atoms with Gasteiger partial charge in [-0.1, -0.05) is 0 Å². The maximum atomic E-state index is 10.5. The van der Waals surface area contributed by atoms with Crippen LogP contribution < -0.4 is 0 Å². The first kappa shape index (κ1) is 16.3. The average Bonchev–Trinajstić information content (AvgIpc) is 3.14. The Kier molecular flexibility index (Phi) is 7.25. The summed E-state index contributed by atoms with van der Waals surface area (Å²) < 4.78 is 5.09. The molecule has 3 rings (SSSR count). The zero-order chi connectivity index (χ0) is 12.8. The summed E-state index contributed by atoms with van der Waals surface area (Å²) in [4.78, 5) is 10.5. The number of furan rings is 1. The molecule has 2 aliphatic rings. The smallest absolute Gasteiger partial charge is 0.475 e. The van der Waals surface area contributed by atoms with Crippen molar-refractivity contribution in [2.24, 2.45) is 0 Å². The zero-order valence-corrected chi connectivity index (χ0v) is 11.1. The monoisotopic (exact) mass is 296 g/mol. The summed E-state index contributed by atoms with van der Waals surface area (Å²) in [6.45, 7) is 0. The fraction of sp³-hybridized carbons (Fsp3) is 0. The van der Waals surface area contributed by atoms with E-state index in [0.717, 1.165) is 5.92 Å². The Bertz CT molecular complexity index is 369. The first-order chi connectivity index (χ1) is 8.77. The molecule has 1 N–H and O–H groups in total. The number of carboxylic acids is 1. The Labute approximate surface area is 125 Å². The van der Waals surface area contributed by atoms with Crippen LogP contribution in [0.4, 0.5) is 0 Å². The summed E-state index contributed by atoms with van der Waals surface area (Å²) in [6, 6.07) is 3.10. The predicted octanol–water partition coefficient (Wildman–Crippen LogP) is 2.75. The zero-order valence-electron chi connectivity index (χ0n) is 9.97. The van der Waals surface area contributed by atoms with Crippen molar-refractivity contribution in [3.05, 3.63) is 87.4 Å². The van der Waals surface area contributed by atoms with Crippen LogP contribution in [0.15, 0.2) is 16.5 Å². The van der Waals surface area contributed by atoms with Crippen LogP contribution in [0.3, 0.4) is 0 Å². The Balaban J connectivity index is 0.000000256. The molecular formula is C15H12FeO3+2. The normalized spacial score (nSPS) is 18.5. The van der Waals surface area contributed by atoms with Crippen molar-refractivity contribution in [2.75, 3.05) is 0 Å². The molecule has 0 aliphatic heterocycles. The third-order valence-corrected chi connectivity index (χ3v) is 2.32. The SMILES string of the molecule is O=C(O)c1ccc([C]2[CH][CH][CH][CH]2)o1.[CH]1[CH][CH][CH][CH]1.[Fe+2]. The molecule has 3 nitrogen and oxygen atoms in total. The van der Waals surface area contributed by atoms with E-state index in [4.69, 9.17) is 9.52 Å². The second-order valence-electron chi connectivity index (χ2n) is 3.60. The van der Waals surface area contributed by atoms with Gasteiger partial charge in [-0.05, 0) is 69.9 Å². The third-order valence-electron chi connectivity index (χ3n) is 2.32. The minimum absolute atomic E-state index is 0. The predicted molar refractivity (Wildman–Crippen MR) is 66.7 cm³/mol. The molecule has 10 radical (unpaired) electrons. The van der Waals surface area contributed by atoms with Crippen LogP contribution in [0.1, 0.15) is 16.3 Å². The Morgan fingerprint density at radius 1 is 0.895 bits per heavy atom. The van der Waals surface area contributed by atoms with Crippen LogP contribution in [0.25, 0.3) is 0 Å². The summed E-state index contributed by atoms with van der Waals surface area (Å²) in [5.74, 6) is 0.406. The third kappa shape index (κ3) is 5.04. The van der Waals surface area contributed by atoms with Gasteiger partial charge < -0.3 is 9.52 Å². The Morgan fingerprint density at radius 2 is 1.42 bits per heavy atom. The molecule has 0 atom stereocenters. The molecule has 2 fully saturated rings. The van der Waals surface area contributed by atoms with Crippen molar-refractivity contribution in [3.8, 4) is 0 Å². The van der Waals surface area contributed by atoms with Crippen molar-refractivity contribution in [1.29, 1.82) is 0 Å². The number of carboxylic acid groups (broad SMARTS) is 1. The van der Waals surface area contributed by atoms with Gasteiger partial charge in [-0.2, -0.15) is 0 Å². The van der Waals surface area contributed by atoms with Crippen LogP contribution in [0, 0.1) is 63.7 Å². The van der Waals surface area contributed by atoms with E-state index in [1.807, 2.05) is 57.8 Å². The molecular weight excluding hydrogens is 284 g/mol. The van der Waals surface area contributed by atoms with Gasteiger partial charge in [-0.15, -0.1) is 0 Å². The van der Waals surface area contributed by atoms with E-state index >= 15 is 0 Å². The fourth-order valence-corrected chi connectivity index (χ4v) is 1.47. The van der Waals surface area contributed by atoms with Gasteiger partial charge in [-0.3, -0.25) is 0 Å². The molecule has 0 bridgehead atoms. The van der Waals surface area contributed by atoms with Gasteiger partial charge in [0.05, 0.1) is 0 Å². The van der Waals surface area contributed by atoms with Crippen molar-refractivity contribution in [3.63, 3.8) is 0 Å². The minimum Gasteiger partial charge on any atom is -0.475 e. The molecule has 0 saturated heterocycles. The number of hydrogen-bond acceptors (Lipinski definition) is 2. The van der Waals surface area contributed by atoms with E-state index in [-0.39, 0.29) is 22.8 Å². The van der Waals surface area contributed by atoms with Gasteiger partial charge in [0.1, 0.15) is 5.76 Å². The van der Waals surface area contributed by atoms with Crippen LogP contribution >= 0.6 is 0 Å². The van der Waals surface area contributed by atoms with Crippen molar-refractivity contribution < 1.29 is 31.4 Å². The molecule has 0 amide bonds. The van der Waals surface area contributed by atoms with E-state index in [1.165, 1.54) is 6.07 Å². The van der Waals surface area contributed by atoms with E-state index in [2.05, 4.69) is 0 Å². The van der Waals surface area contributed by atoms with E-state index in [0.29, 0.717) is 5.76 Å². The standard InChI is InChI=1S/C10H7O3.C5H5.Fe/c11-10(12)9-6-5-8(13-9)7-3-1-2-4-7;1-2-4-5-3-1;/h1-6H,(H,11,12);1-5H;/q;;+2. The quantitative estimate of drug-likeness (QED) is 0.854. The molecule has 1 aromatic rings. The van der Waals surface area contributed by atoms with Gasteiger partial charge in [-0.25, -0.2) is 4.79 Å². The van der Waals surface area contributed by atoms with Gasteiger partial charge in [0.25, 0.3) is 0 Å². The number of rotatable bonds is 2. The number of hydrogen-bond donors (Lipinski definition) is 1. The van der Waals surface area contributed by atoms with Crippen molar-refractivity contribution >= 4 is 5.97 Å². The molecule has 1 aromatic heterocycles. The van der Waals surface area contributed by atoms with Gasteiger partial charge in [0.2, 0.25) is 5.76 Å². The summed E-state index contributed by atoms with van der Waals surface area (Å²) in [7, 11) is 0. The second kappa shape index (κ2) is 8.44. The molecule has 0 unspecified atom stereocenters. The molecule has 19 heavy (non-hydrogen) atoms. The molecule has 2 saturated carbocycles. The molecule has 2 aliphatic carbocycles. The first-order valence-electron chi connectivity index (χ1n) is 5.49. The molecule has 0 aromatic carbocycles. The van der Waals surface area contributed by atoms with Gasteiger partial charge in [0.15, 0.2) is 0 Å². The van der Waals surface area contributed by atoms with Crippen molar-refractivity contribution in [2.45, 2.75) is 0 Å². The maximum Gasteiger partial charge on any atom is 2.00 e. The largest absolute Gasteiger partial charge is 2.00 e. The van der Waals surface area contributed by atoms with Gasteiger partial charge >= 0.3 is 23.0 Å². The topological polar surface area (TPSA) is 50.4 Å². The second-order valence-corrected chi connectivity index (χ2v) is 3.60. The minimum atomic E-state index is -1.04. The van der Waals surface area contributed by atoms with E-state index < -0.39 is 5.97 Å². The van der Waals surface area contributed by atoms with Crippen molar-refractivity contribution in [1.82, 2.24) is 0 Å². The van der Waals surface area contributed by atoms with Crippen LogP contribution in [0.5, 0.6) is 0 Å². The average molecular weight is 296 g/mol. The summed E-state index contributed by atoms with van der Waals surface area (Å²) >= 11 is 0. The van der Waals surface area contributed by atoms with E-state index in [9.17, 15) is 4.79 Å². The van der Waals surface area contributed by atoms with Crippen LogP contribution in [0.2, 0.25) is 0 Å². The molecule has 4 heteroatoms. The number of carbonyl (C=O) groups is 1. The Morgan fingerprint density at radius 3 is 1.84 bits per heavy atom. The summed E-state index contributed by atoms with van der Waals surface area (Å²) in [5, 5.41) is 8.60.